The summed E-state index contributed by atoms with van der Waals surface area (Å²) in [6, 6.07) is 7.16. The van der Waals surface area contributed by atoms with Crippen molar-refractivity contribution < 1.29 is 19.4 Å². The average molecular weight is 300 g/mol. The Balaban J connectivity index is 2.09. The number of benzene rings is 1. The molecule has 0 atom stereocenters. The first-order chi connectivity index (χ1) is 9.59. The van der Waals surface area contributed by atoms with Crippen LogP contribution >= 0.6 is 11.6 Å². The molecule has 6 heteroatoms. The maximum absolute atomic E-state index is 11.4. The smallest absolute Gasteiger partial charge is 0.407 e. The number of carboxylic acids is 1. The number of unbranched alkanes of at least 4 members (excludes halogenated alkanes) is 2. The predicted molar refractivity (Wildman–Crippen MR) is 75.7 cm³/mol. The Morgan fingerprint density at radius 1 is 1.20 bits per heavy atom. The van der Waals surface area contributed by atoms with Crippen LogP contribution in [0.4, 0.5) is 4.79 Å². The molecule has 1 amide bonds. The number of alkyl carbamates (subject to hydrolysis) is 1. The number of hydrogen-bond donors (Lipinski definition) is 2. The fraction of sp³-hybridized carbons (Fsp3) is 0.429. The molecule has 0 radical (unpaired) electrons. The summed E-state index contributed by atoms with van der Waals surface area (Å²) in [5, 5.41) is 11.6. The molecular formula is C14H18ClNO4. The van der Waals surface area contributed by atoms with E-state index in [-0.39, 0.29) is 13.0 Å². The summed E-state index contributed by atoms with van der Waals surface area (Å²) in [4.78, 5) is 21.7. The van der Waals surface area contributed by atoms with Gasteiger partial charge in [0.05, 0.1) is 0 Å². The van der Waals surface area contributed by atoms with Gasteiger partial charge in [-0.3, -0.25) is 4.79 Å². The van der Waals surface area contributed by atoms with Gasteiger partial charge in [0.1, 0.15) is 6.61 Å². The molecular weight excluding hydrogens is 282 g/mol. The van der Waals surface area contributed by atoms with Crippen molar-refractivity contribution in [3.8, 4) is 0 Å². The van der Waals surface area contributed by atoms with Crippen molar-refractivity contribution in [1.29, 1.82) is 0 Å². The van der Waals surface area contributed by atoms with Crippen LogP contribution in [0.1, 0.15) is 31.2 Å². The highest BCUT2D eigenvalue weighted by Crippen LogP contribution is 2.15. The van der Waals surface area contributed by atoms with E-state index in [9.17, 15) is 9.59 Å². The van der Waals surface area contributed by atoms with Crippen molar-refractivity contribution in [3.05, 3.63) is 34.9 Å². The highest BCUT2D eigenvalue weighted by atomic mass is 35.5. The Kier molecular flexibility index (Phi) is 7.50. The molecule has 0 unspecified atom stereocenters. The van der Waals surface area contributed by atoms with E-state index >= 15 is 0 Å². The van der Waals surface area contributed by atoms with Crippen molar-refractivity contribution in [2.45, 2.75) is 32.3 Å². The zero-order chi connectivity index (χ0) is 14.8. The standard InChI is InChI=1S/C14H18ClNO4/c15-12-7-4-3-6-11(12)10-20-14(19)16-9-5-1-2-8-13(17)18/h3-4,6-7H,1-2,5,8-10H2,(H,16,19)(H,17,18). The number of carbonyl (C=O) groups excluding carboxylic acids is 1. The third-order valence-corrected chi connectivity index (χ3v) is 3.02. The Hall–Kier alpha value is -1.75. The van der Waals surface area contributed by atoms with Gasteiger partial charge in [-0.25, -0.2) is 4.79 Å². The third-order valence-electron chi connectivity index (χ3n) is 2.65. The lowest BCUT2D eigenvalue weighted by atomic mass is 10.2. The molecule has 0 aliphatic rings. The first-order valence-electron chi connectivity index (χ1n) is 6.45. The number of amides is 1. The summed E-state index contributed by atoms with van der Waals surface area (Å²) < 4.78 is 5.03. The van der Waals surface area contributed by atoms with Crippen LogP contribution < -0.4 is 5.32 Å². The Morgan fingerprint density at radius 2 is 1.95 bits per heavy atom. The number of rotatable bonds is 8. The fourth-order valence-corrected chi connectivity index (χ4v) is 1.77. The zero-order valence-corrected chi connectivity index (χ0v) is 11.9. The maximum atomic E-state index is 11.4. The van der Waals surface area contributed by atoms with E-state index < -0.39 is 12.1 Å². The lowest BCUT2D eigenvalue weighted by Crippen LogP contribution is -2.25. The van der Waals surface area contributed by atoms with Gasteiger partial charge in [0.2, 0.25) is 0 Å². The van der Waals surface area contributed by atoms with Crippen LogP contribution in [0.5, 0.6) is 0 Å². The van der Waals surface area contributed by atoms with E-state index in [4.69, 9.17) is 21.4 Å². The molecule has 2 N–H and O–H groups in total. The molecule has 5 nitrogen and oxygen atoms in total. The normalized spacial score (nSPS) is 10.1. The molecule has 0 saturated heterocycles. The van der Waals surface area contributed by atoms with Gasteiger partial charge in [0.15, 0.2) is 0 Å². The van der Waals surface area contributed by atoms with E-state index in [2.05, 4.69) is 5.32 Å². The molecule has 1 aromatic rings. The molecule has 0 heterocycles. The van der Waals surface area contributed by atoms with Crippen LogP contribution in [-0.2, 0) is 16.1 Å². The number of hydrogen-bond acceptors (Lipinski definition) is 3. The molecule has 0 bridgehead atoms. The lowest BCUT2D eigenvalue weighted by molar-refractivity contribution is -0.137. The zero-order valence-electron chi connectivity index (χ0n) is 11.1. The summed E-state index contributed by atoms with van der Waals surface area (Å²) in [6.07, 6.45) is 1.77. The van der Waals surface area contributed by atoms with Crippen LogP contribution in [0.3, 0.4) is 0 Å². The monoisotopic (exact) mass is 299 g/mol. The van der Waals surface area contributed by atoms with Crippen LogP contribution in [0.25, 0.3) is 0 Å². The highest BCUT2D eigenvalue weighted by Gasteiger charge is 2.04. The molecule has 0 spiro atoms. The largest absolute Gasteiger partial charge is 0.481 e. The number of nitrogens with one attached hydrogen (secondary N) is 1. The molecule has 0 aliphatic carbocycles. The van der Waals surface area contributed by atoms with Gasteiger partial charge in [0.25, 0.3) is 0 Å². The van der Waals surface area contributed by atoms with Gasteiger partial charge < -0.3 is 15.2 Å². The lowest BCUT2D eigenvalue weighted by Gasteiger charge is -2.07. The summed E-state index contributed by atoms with van der Waals surface area (Å²) >= 11 is 5.94. The Morgan fingerprint density at radius 3 is 2.65 bits per heavy atom. The van der Waals surface area contributed by atoms with Crippen molar-refractivity contribution in [3.63, 3.8) is 0 Å². The number of carboxylic acid groups (broad SMARTS) is 1. The molecule has 0 saturated carbocycles. The topological polar surface area (TPSA) is 75.6 Å². The third kappa shape index (κ3) is 6.99. The molecule has 1 rings (SSSR count). The van der Waals surface area contributed by atoms with Crippen molar-refractivity contribution in [2.24, 2.45) is 0 Å². The molecule has 0 aromatic heterocycles. The van der Waals surface area contributed by atoms with Crippen molar-refractivity contribution in [2.75, 3.05) is 6.54 Å². The summed E-state index contributed by atoms with van der Waals surface area (Å²) in [7, 11) is 0. The average Bonchev–Trinajstić information content (AvgIpc) is 2.41. The summed E-state index contributed by atoms with van der Waals surface area (Å²) in [6.45, 7) is 0.603. The second-order valence-corrected chi connectivity index (χ2v) is 4.71. The number of halogens is 1. The van der Waals surface area contributed by atoms with Gasteiger partial charge in [-0.2, -0.15) is 0 Å². The number of aliphatic carboxylic acids is 1. The van der Waals surface area contributed by atoms with Crippen LogP contribution in [0.15, 0.2) is 24.3 Å². The van der Waals surface area contributed by atoms with Gasteiger partial charge >= 0.3 is 12.1 Å². The summed E-state index contributed by atoms with van der Waals surface area (Å²) in [5.74, 6) is -0.794. The predicted octanol–water partition coefficient (Wildman–Crippen LogP) is 3.21. The Bertz CT molecular complexity index is 451. The van der Waals surface area contributed by atoms with Gasteiger partial charge in [0, 0.05) is 23.6 Å². The van der Waals surface area contributed by atoms with E-state index in [0.717, 1.165) is 18.4 Å². The SMILES string of the molecule is O=C(O)CCCCCNC(=O)OCc1ccccc1Cl. The minimum atomic E-state index is -0.794. The summed E-state index contributed by atoms with van der Waals surface area (Å²) in [5.41, 5.74) is 0.755. The molecule has 0 aliphatic heterocycles. The van der Waals surface area contributed by atoms with E-state index in [1.807, 2.05) is 12.1 Å². The minimum Gasteiger partial charge on any atom is -0.481 e. The van der Waals surface area contributed by atoms with Crippen molar-refractivity contribution in [1.82, 2.24) is 5.32 Å². The van der Waals surface area contributed by atoms with Crippen LogP contribution in [-0.4, -0.2) is 23.7 Å². The molecule has 1 aromatic carbocycles. The van der Waals surface area contributed by atoms with Crippen molar-refractivity contribution >= 4 is 23.7 Å². The molecule has 20 heavy (non-hydrogen) atoms. The minimum absolute atomic E-state index is 0.129. The van der Waals surface area contributed by atoms with E-state index in [1.54, 1.807) is 12.1 Å². The quantitative estimate of drug-likeness (QED) is 0.723. The number of carbonyl (C=O) groups is 2. The van der Waals surface area contributed by atoms with Gasteiger partial charge in [-0.15, -0.1) is 0 Å². The fourth-order valence-electron chi connectivity index (χ4n) is 1.58. The van der Waals surface area contributed by atoms with Crippen LogP contribution in [0, 0.1) is 0 Å². The first kappa shape index (κ1) is 16.3. The molecule has 0 fully saturated rings. The number of ether oxygens (including phenoxy) is 1. The van der Waals surface area contributed by atoms with E-state index in [1.165, 1.54) is 0 Å². The second kappa shape index (κ2) is 9.20. The van der Waals surface area contributed by atoms with Gasteiger partial charge in [-0.1, -0.05) is 36.2 Å². The first-order valence-corrected chi connectivity index (χ1v) is 6.83. The van der Waals surface area contributed by atoms with Crippen LogP contribution in [0.2, 0.25) is 5.02 Å². The van der Waals surface area contributed by atoms with Gasteiger partial charge in [-0.05, 0) is 18.9 Å². The highest BCUT2D eigenvalue weighted by molar-refractivity contribution is 6.31. The molecule has 110 valence electrons. The Labute approximate surface area is 122 Å². The van der Waals surface area contributed by atoms with E-state index in [0.29, 0.717) is 18.0 Å². The second-order valence-electron chi connectivity index (χ2n) is 4.30. The maximum Gasteiger partial charge on any atom is 0.407 e.